The van der Waals surface area contributed by atoms with Gasteiger partial charge >= 0.3 is 0 Å². The molecule has 0 bridgehead atoms. The lowest BCUT2D eigenvalue weighted by molar-refractivity contribution is 0.583. The number of fused-ring (bicyclic) bond motifs is 1. The van der Waals surface area contributed by atoms with Crippen molar-refractivity contribution in [2.75, 3.05) is 0 Å². The molecule has 0 saturated heterocycles. The van der Waals surface area contributed by atoms with E-state index in [1.807, 2.05) is 13.8 Å². The average Bonchev–Trinajstić information content (AvgIpc) is 2.53. The molecule has 1 aliphatic carbocycles. The summed E-state index contributed by atoms with van der Waals surface area (Å²) in [5.41, 5.74) is 4.06. The predicted octanol–water partition coefficient (Wildman–Crippen LogP) is 3.18. The second-order valence-corrected chi connectivity index (χ2v) is 3.50. The molecule has 13 heavy (non-hydrogen) atoms. The molecule has 1 atom stereocenters. The molecule has 2 heteroatoms. The van der Waals surface area contributed by atoms with E-state index in [0.29, 0.717) is 0 Å². The van der Waals surface area contributed by atoms with E-state index in [9.17, 15) is 0 Å². The van der Waals surface area contributed by atoms with Gasteiger partial charge in [0.25, 0.3) is 0 Å². The van der Waals surface area contributed by atoms with Crippen LogP contribution in [0.5, 0.6) is 0 Å². The Balaban J connectivity index is 0.000000396. The molecular weight excluding hydrogens is 160 g/mol. The van der Waals surface area contributed by atoms with Crippen molar-refractivity contribution in [2.24, 2.45) is 0 Å². The fourth-order valence-electron chi connectivity index (χ4n) is 2.05. The van der Waals surface area contributed by atoms with Crippen LogP contribution in [0, 0.1) is 6.92 Å². The minimum absolute atomic E-state index is 0.720. The first-order chi connectivity index (χ1) is 6.29. The summed E-state index contributed by atoms with van der Waals surface area (Å²) < 4.78 is 0. The van der Waals surface area contributed by atoms with Gasteiger partial charge in [0.2, 0.25) is 0 Å². The van der Waals surface area contributed by atoms with Gasteiger partial charge in [-0.2, -0.15) is 5.10 Å². The molecule has 2 nitrogen and oxygen atoms in total. The van der Waals surface area contributed by atoms with E-state index in [1.54, 1.807) is 0 Å². The Hall–Kier alpha value is -0.790. The predicted molar refractivity (Wildman–Crippen MR) is 56.0 cm³/mol. The second kappa shape index (κ2) is 4.45. The SMILES string of the molecule is CC.Cc1[nH]nc2c1C(C)CCC2. The lowest BCUT2D eigenvalue weighted by atomic mass is 9.87. The molecule has 0 fully saturated rings. The van der Waals surface area contributed by atoms with E-state index in [2.05, 4.69) is 24.0 Å². The minimum Gasteiger partial charge on any atom is -0.282 e. The molecule has 2 rings (SSSR count). The number of aromatic nitrogens is 2. The molecule has 0 aromatic carbocycles. The Bertz CT molecular complexity index is 263. The summed E-state index contributed by atoms with van der Waals surface area (Å²) in [7, 11) is 0. The van der Waals surface area contributed by atoms with Gasteiger partial charge in [0.15, 0.2) is 0 Å². The number of rotatable bonds is 0. The molecule has 0 saturated carbocycles. The van der Waals surface area contributed by atoms with E-state index in [4.69, 9.17) is 0 Å². The molecule has 1 aromatic rings. The fraction of sp³-hybridized carbons (Fsp3) is 0.727. The molecule has 1 N–H and O–H groups in total. The molecule has 1 aliphatic rings. The summed E-state index contributed by atoms with van der Waals surface area (Å²) in [6, 6.07) is 0. The van der Waals surface area contributed by atoms with Crippen molar-refractivity contribution in [3.05, 3.63) is 17.0 Å². The first-order valence-electron chi connectivity index (χ1n) is 5.33. The molecular formula is C11H20N2. The van der Waals surface area contributed by atoms with Gasteiger partial charge < -0.3 is 0 Å². The van der Waals surface area contributed by atoms with E-state index in [1.165, 1.54) is 36.2 Å². The number of nitrogens with one attached hydrogen (secondary N) is 1. The zero-order chi connectivity index (χ0) is 9.84. The normalized spacial score (nSPS) is 20.2. The van der Waals surface area contributed by atoms with Crippen LogP contribution in [0.3, 0.4) is 0 Å². The number of nitrogens with zero attached hydrogens (tertiary/aromatic N) is 1. The van der Waals surface area contributed by atoms with Crippen LogP contribution in [0.25, 0.3) is 0 Å². The maximum absolute atomic E-state index is 4.28. The molecule has 74 valence electrons. The molecule has 0 amide bonds. The minimum atomic E-state index is 0.720. The highest BCUT2D eigenvalue weighted by Crippen LogP contribution is 2.31. The largest absolute Gasteiger partial charge is 0.282 e. The van der Waals surface area contributed by atoms with Crippen LogP contribution in [-0.2, 0) is 6.42 Å². The van der Waals surface area contributed by atoms with E-state index in [-0.39, 0.29) is 0 Å². The van der Waals surface area contributed by atoms with Gasteiger partial charge in [-0.1, -0.05) is 20.8 Å². The van der Waals surface area contributed by atoms with Crippen molar-refractivity contribution in [1.82, 2.24) is 10.2 Å². The Kier molecular flexibility index (Phi) is 3.52. The smallest absolute Gasteiger partial charge is 0.0659 e. The van der Waals surface area contributed by atoms with Gasteiger partial charge in [0.05, 0.1) is 5.69 Å². The zero-order valence-electron chi connectivity index (χ0n) is 9.15. The monoisotopic (exact) mass is 180 g/mol. The van der Waals surface area contributed by atoms with Crippen LogP contribution in [0.15, 0.2) is 0 Å². The molecule has 1 heterocycles. The van der Waals surface area contributed by atoms with Crippen LogP contribution in [0.2, 0.25) is 0 Å². The highest BCUT2D eigenvalue weighted by molar-refractivity contribution is 5.29. The highest BCUT2D eigenvalue weighted by atomic mass is 15.1. The first kappa shape index (κ1) is 10.3. The van der Waals surface area contributed by atoms with Crippen molar-refractivity contribution in [3.63, 3.8) is 0 Å². The second-order valence-electron chi connectivity index (χ2n) is 3.50. The van der Waals surface area contributed by atoms with Crippen LogP contribution in [-0.4, -0.2) is 10.2 Å². The first-order valence-corrected chi connectivity index (χ1v) is 5.33. The van der Waals surface area contributed by atoms with Gasteiger partial charge in [-0.15, -0.1) is 0 Å². The Morgan fingerprint density at radius 3 is 2.69 bits per heavy atom. The van der Waals surface area contributed by atoms with E-state index in [0.717, 1.165) is 5.92 Å². The fourth-order valence-corrected chi connectivity index (χ4v) is 2.05. The van der Waals surface area contributed by atoms with Crippen LogP contribution in [0.1, 0.15) is 56.5 Å². The average molecular weight is 180 g/mol. The summed E-state index contributed by atoms with van der Waals surface area (Å²) in [6.07, 6.45) is 3.80. The topological polar surface area (TPSA) is 28.7 Å². The summed E-state index contributed by atoms with van der Waals surface area (Å²) in [4.78, 5) is 0. The van der Waals surface area contributed by atoms with Gasteiger partial charge in [-0.05, 0) is 37.7 Å². The molecule has 0 aliphatic heterocycles. The number of H-pyrrole nitrogens is 1. The summed E-state index contributed by atoms with van der Waals surface area (Å²) in [5.74, 6) is 0.720. The number of hydrogen-bond acceptors (Lipinski definition) is 1. The maximum atomic E-state index is 4.28. The van der Waals surface area contributed by atoms with Gasteiger partial charge in [-0.3, -0.25) is 5.10 Å². The van der Waals surface area contributed by atoms with Crippen molar-refractivity contribution in [2.45, 2.75) is 52.9 Å². The van der Waals surface area contributed by atoms with E-state index >= 15 is 0 Å². The Morgan fingerprint density at radius 2 is 2.08 bits per heavy atom. The van der Waals surface area contributed by atoms with Crippen LogP contribution < -0.4 is 0 Å². The van der Waals surface area contributed by atoms with Crippen molar-refractivity contribution >= 4 is 0 Å². The van der Waals surface area contributed by atoms with Gasteiger partial charge in [0, 0.05) is 5.69 Å². The van der Waals surface area contributed by atoms with Crippen molar-refractivity contribution in [1.29, 1.82) is 0 Å². The third kappa shape index (κ3) is 1.93. The standard InChI is InChI=1S/C9H14N2.C2H6/c1-6-4-3-5-8-9(6)7(2)10-11-8;1-2/h6H,3-5H2,1-2H3,(H,10,11);1-2H3. The lowest BCUT2D eigenvalue weighted by Crippen LogP contribution is -2.05. The summed E-state index contributed by atoms with van der Waals surface area (Å²) in [5, 5.41) is 7.34. The number of aromatic amines is 1. The lowest BCUT2D eigenvalue weighted by Gasteiger charge is -2.17. The maximum Gasteiger partial charge on any atom is 0.0659 e. The quantitative estimate of drug-likeness (QED) is 0.652. The van der Waals surface area contributed by atoms with Crippen molar-refractivity contribution in [3.8, 4) is 0 Å². The molecule has 0 spiro atoms. The number of hydrogen-bond donors (Lipinski definition) is 1. The Morgan fingerprint density at radius 1 is 1.38 bits per heavy atom. The molecule has 0 radical (unpaired) electrons. The third-order valence-electron chi connectivity index (χ3n) is 2.62. The highest BCUT2D eigenvalue weighted by Gasteiger charge is 2.20. The summed E-state index contributed by atoms with van der Waals surface area (Å²) >= 11 is 0. The summed E-state index contributed by atoms with van der Waals surface area (Å²) in [6.45, 7) is 8.41. The van der Waals surface area contributed by atoms with Gasteiger partial charge in [0.1, 0.15) is 0 Å². The molecule has 1 unspecified atom stereocenters. The van der Waals surface area contributed by atoms with Gasteiger partial charge in [-0.25, -0.2) is 0 Å². The molecule has 1 aromatic heterocycles. The van der Waals surface area contributed by atoms with Crippen LogP contribution in [0.4, 0.5) is 0 Å². The van der Waals surface area contributed by atoms with Crippen molar-refractivity contribution < 1.29 is 0 Å². The van der Waals surface area contributed by atoms with E-state index < -0.39 is 0 Å². The number of aryl methyl sites for hydroxylation is 2. The Labute approximate surface area is 80.7 Å². The zero-order valence-corrected chi connectivity index (χ0v) is 9.15. The van der Waals surface area contributed by atoms with Crippen LogP contribution >= 0.6 is 0 Å². The third-order valence-corrected chi connectivity index (χ3v) is 2.62.